The lowest BCUT2D eigenvalue weighted by Crippen LogP contribution is -2.29. The van der Waals surface area contributed by atoms with Crippen molar-refractivity contribution in [1.29, 1.82) is 0 Å². The van der Waals surface area contributed by atoms with Crippen molar-refractivity contribution >= 4 is 0 Å². The van der Waals surface area contributed by atoms with Crippen LogP contribution in [0.3, 0.4) is 0 Å². The Morgan fingerprint density at radius 2 is 2.07 bits per heavy atom. The van der Waals surface area contributed by atoms with Gasteiger partial charge in [-0.2, -0.15) is 0 Å². The van der Waals surface area contributed by atoms with E-state index in [1.54, 1.807) is 0 Å². The molecule has 3 heteroatoms. The molecule has 1 fully saturated rings. The minimum Gasteiger partial charge on any atom is -0.393 e. The predicted molar refractivity (Wildman–Crippen MR) is 51.8 cm³/mol. The molecule has 0 aromatic heterocycles. The number of aliphatic hydroxyl groups excluding tert-OH is 2. The van der Waals surface area contributed by atoms with Gasteiger partial charge in [0.15, 0.2) is 0 Å². The molecule has 0 unspecified atom stereocenters. The Balaban J connectivity index is 2.30. The summed E-state index contributed by atoms with van der Waals surface area (Å²) in [6.07, 6.45) is -0.00425. The second kappa shape index (κ2) is 3.69. The highest BCUT2D eigenvalue weighted by atomic mass is 16.5. The average molecular weight is 194 g/mol. The fourth-order valence-corrected chi connectivity index (χ4v) is 1.90. The van der Waals surface area contributed by atoms with Crippen LogP contribution in [0.5, 0.6) is 0 Å². The van der Waals surface area contributed by atoms with E-state index in [2.05, 4.69) is 0 Å². The van der Waals surface area contributed by atoms with Gasteiger partial charge in [0.05, 0.1) is 19.3 Å². The topological polar surface area (TPSA) is 49.7 Å². The third-order valence-corrected chi connectivity index (χ3v) is 2.67. The third kappa shape index (κ3) is 1.54. The van der Waals surface area contributed by atoms with Gasteiger partial charge in [-0.25, -0.2) is 0 Å². The maximum atomic E-state index is 9.42. The number of benzene rings is 1. The molecule has 0 aliphatic carbocycles. The number of hydrogen-bond donors (Lipinski definition) is 2. The van der Waals surface area contributed by atoms with Gasteiger partial charge >= 0.3 is 0 Å². The van der Waals surface area contributed by atoms with Crippen molar-refractivity contribution in [1.82, 2.24) is 0 Å². The van der Waals surface area contributed by atoms with E-state index in [0.29, 0.717) is 13.0 Å². The van der Waals surface area contributed by atoms with Gasteiger partial charge in [0.1, 0.15) is 5.60 Å². The van der Waals surface area contributed by atoms with Crippen LogP contribution in [0, 0.1) is 0 Å². The maximum absolute atomic E-state index is 9.42. The van der Waals surface area contributed by atoms with E-state index in [4.69, 9.17) is 4.74 Å². The summed E-state index contributed by atoms with van der Waals surface area (Å²) in [7, 11) is 0. The molecule has 1 saturated heterocycles. The Hall–Kier alpha value is -0.900. The molecule has 1 aliphatic heterocycles. The summed E-state index contributed by atoms with van der Waals surface area (Å²) in [5.41, 5.74) is 0.236. The molecule has 1 heterocycles. The SMILES string of the molecule is OC[C@]1(c2ccccc2)C[C@H](O)CO1. The van der Waals surface area contributed by atoms with Gasteiger partial charge in [-0.05, 0) is 5.56 Å². The van der Waals surface area contributed by atoms with Crippen molar-refractivity contribution in [3.63, 3.8) is 0 Å². The Morgan fingerprint density at radius 1 is 1.36 bits per heavy atom. The molecule has 3 nitrogen and oxygen atoms in total. The predicted octanol–water partition coefficient (Wildman–Crippen LogP) is 0.655. The van der Waals surface area contributed by atoms with E-state index in [9.17, 15) is 10.2 Å². The van der Waals surface area contributed by atoms with Crippen LogP contribution in [0.4, 0.5) is 0 Å². The summed E-state index contributed by atoms with van der Waals surface area (Å²) in [5, 5.41) is 18.8. The standard InChI is InChI=1S/C11H14O3/c12-8-11(6-10(13)7-14-11)9-4-2-1-3-5-9/h1-5,10,12-13H,6-8H2/t10-,11-/m0/s1. The Morgan fingerprint density at radius 3 is 2.57 bits per heavy atom. The van der Waals surface area contributed by atoms with Gasteiger partial charge < -0.3 is 14.9 Å². The molecule has 0 saturated carbocycles. The van der Waals surface area contributed by atoms with Gasteiger partial charge in [-0.3, -0.25) is 0 Å². The zero-order valence-electron chi connectivity index (χ0n) is 7.89. The average Bonchev–Trinajstić information content (AvgIpc) is 2.63. The quantitative estimate of drug-likeness (QED) is 0.727. The summed E-state index contributed by atoms with van der Waals surface area (Å²) in [6, 6.07) is 9.55. The molecule has 2 N–H and O–H groups in total. The number of aliphatic hydroxyl groups is 2. The van der Waals surface area contributed by atoms with Crippen LogP contribution in [0.1, 0.15) is 12.0 Å². The summed E-state index contributed by atoms with van der Waals surface area (Å²) in [6.45, 7) is 0.212. The summed E-state index contributed by atoms with van der Waals surface area (Å²) in [4.78, 5) is 0. The minimum absolute atomic E-state index is 0.0892. The van der Waals surface area contributed by atoms with Crippen molar-refractivity contribution in [2.45, 2.75) is 18.1 Å². The molecule has 2 atom stereocenters. The van der Waals surface area contributed by atoms with Crippen molar-refractivity contribution in [3.05, 3.63) is 35.9 Å². The first-order valence-electron chi connectivity index (χ1n) is 4.75. The lowest BCUT2D eigenvalue weighted by atomic mass is 9.91. The van der Waals surface area contributed by atoms with Crippen LogP contribution in [0.2, 0.25) is 0 Å². The normalized spacial score (nSPS) is 32.0. The molecule has 2 rings (SSSR count). The highest BCUT2D eigenvalue weighted by Gasteiger charge is 2.40. The zero-order chi connectivity index (χ0) is 10.0. The van der Waals surface area contributed by atoms with E-state index < -0.39 is 11.7 Å². The second-order valence-electron chi connectivity index (χ2n) is 3.69. The first-order chi connectivity index (χ1) is 6.77. The minimum atomic E-state index is -0.694. The highest BCUT2D eigenvalue weighted by Crippen LogP contribution is 2.35. The van der Waals surface area contributed by atoms with Gasteiger partial charge in [0.25, 0.3) is 0 Å². The van der Waals surface area contributed by atoms with Crippen molar-refractivity contribution in [3.8, 4) is 0 Å². The zero-order valence-corrected chi connectivity index (χ0v) is 7.89. The van der Waals surface area contributed by atoms with Crippen LogP contribution in [0.15, 0.2) is 30.3 Å². The first kappa shape index (κ1) is 9.65. The number of rotatable bonds is 2. The van der Waals surface area contributed by atoms with Crippen LogP contribution in [0.25, 0.3) is 0 Å². The molecular formula is C11H14O3. The molecule has 0 amide bonds. The Kier molecular flexibility index (Phi) is 2.54. The number of ether oxygens (including phenoxy) is 1. The smallest absolute Gasteiger partial charge is 0.119 e. The molecule has 14 heavy (non-hydrogen) atoms. The van der Waals surface area contributed by atoms with E-state index in [0.717, 1.165) is 5.56 Å². The van der Waals surface area contributed by atoms with Crippen LogP contribution in [-0.2, 0) is 10.3 Å². The Bertz CT molecular complexity index is 299. The lowest BCUT2D eigenvalue weighted by Gasteiger charge is -2.26. The van der Waals surface area contributed by atoms with Gasteiger partial charge in [-0.1, -0.05) is 30.3 Å². The third-order valence-electron chi connectivity index (χ3n) is 2.67. The van der Waals surface area contributed by atoms with Crippen LogP contribution >= 0.6 is 0 Å². The molecule has 1 aromatic rings. The van der Waals surface area contributed by atoms with E-state index in [1.165, 1.54) is 0 Å². The van der Waals surface area contributed by atoms with Crippen LogP contribution in [-0.4, -0.2) is 29.5 Å². The monoisotopic (exact) mass is 194 g/mol. The van der Waals surface area contributed by atoms with Crippen molar-refractivity contribution < 1.29 is 14.9 Å². The molecule has 1 aromatic carbocycles. The largest absolute Gasteiger partial charge is 0.393 e. The summed E-state index contributed by atoms with van der Waals surface area (Å²) >= 11 is 0. The fourth-order valence-electron chi connectivity index (χ4n) is 1.90. The molecule has 0 radical (unpaired) electrons. The van der Waals surface area contributed by atoms with Gasteiger partial charge in [0, 0.05) is 6.42 Å². The van der Waals surface area contributed by atoms with Gasteiger partial charge in [-0.15, -0.1) is 0 Å². The van der Waals surface area contributed by atoms with Crippen LogP contribution < -0.4 is 0 Å². The molecule has 0 spiro atoms. The summed E-state index contributed by atoms with van der Waals surface area (Å²) in [5.74, 6) is 0. The molecule has 0 bridgehead atoms. The molecule has 1 aliphatic rings. The van der Waals surface area contributed by atoms with Crippen molar-refractivity contribution in [2.24, 2.45) is 0 Å². The fraction of sp³-hybridized carbons (Fsp3) is 0.455. The lowest BCUT2D eigenvalue weighted by molar-refractivity contribution is -0.0439. The second-order valence-corrected chi connectivity index (χ2v) is 3.69. The molecular weight excluding hydrogens is 180 g/mol. The first-order valence-corrected chi connectivity index (χ1v) is 4.75. The highest BCUT2D eigenvalue weighted by molar-refractivity contribution is 5.24. The Labute approximate surface area is 83.0 Å². The van der Waals surface area contributed by atoms with E-state index in [1.807, 2.05) is 30.3 Å². The van der Waals surface area contributed by atoms with E-state index in [-0.39, 0.29) is 6.61 Å². The number of hydrogen-bond acceptors (Lipinski definition) is 3. The van der Waals surface area contributed by atoms with E-state index >= 15 is 0 Å². The van der Waals surface area contributed by atoms with Crippen molar-refractivity contribution in [2.75, 3.05) is 13.2 Å². The maximum Gasteiger partial charge on any atom is 0.119 e. The summed E-state index contributed by atoms with van der Waals surface area (Å²) < 4.78 is 5.49. The molecule has 76 valence electrons. The van der Waals surface area contributed by atoms with Gasteiger partial charge in [0.2, 0.25) is 0 Å².